The van der Waals surface area contributed by atoms with Crippen LogP contribution in [0, 0.1) is 17.6 Å². The molecule has 0 radical (unpaired) electrons. The summed E-state index contributed by atoms with van der Waals surface area (Å²) in [5.41, 5.74) is 1.64. The van der Waals surface area contributed by atoms with E-state index >= 15 is 0 Å². The molecule has 2 aromatic carbocycles. The predicted molar refractivity (Wildman–Crippen MR) is 122 cm³/mol. The molecule has 0 spiro atoms. The van der Waals surface area contributed by atoms with Gasteiger partial charge in [0.25, 0.3) is 0 Å². The van der Waals surface area contributed by atoms with E-state index < -0.39 is 29.5 Å². The van der Waals surface area contributed by atoms with Crippen LogP contribution in [0.1, 0.15) is 99.2 Å². The van der Waals surface area contributed by atoms with Gasteiger partial charge in [-0.15, -0.1) is 0 Å². The van der Waals surface area contributed by atoms with E-state index in [1.54, 1.807) is 26.0 Å². The Hall–Kier alpha value is -2.27. The van der Waals surface area contributed by atoms with Gasteiger partial charge in [-0.2, -0.15) is 4.39 Å². The Bertz CT molecular complexity index is 887. The number of esters is 1. The van der Waals surface area contributed by atoms with Crippen LogP contribution < -0.4 is 4.74 Å². The van der Waals surface area contributed by atoms with Crippen molar-refractivity contribution in [3.05, 3.63) is 64.7 Å². The van der Waals surface area contributed by atoms with Crippen molar-refractivity contribution >= 4 is 5.97 Å². The number of hydrogen-bond acceptors (Lipinski definition) is 3. The van der Waals surface area contributed by atoms with E-state index in [1.165, 1.54) is 62.6 Å². The Morgan fingerprint density at radius 2 is 1.69 bits per heavy atom. The van der Waals surface area contributed by atoms with Crippen LogP contribution in [0.3, 0.4) is 0 Å². The van der Waals surface area contributed by atoms with Gasteiger partial charge in [0.15, 0.2) is 11.6 Å². The molecule has 3 nitrogen and oxygen atoms in total. The Labute approximate surface area is 190 Å². The topological polar surface area (TPSA) is 35.5 Å². The van der Waals surface area contributed by atoms with Gasteiger partial charge in [-0.25, -0.2) is 9.18 Å². The van der Waals surface area contributed by atoms with Crippen LogP contribution in [-0.2, 0) is 4.74 Å². The van der Waals surface area contributed by atoms with Crippen LogP contribution >= 0.6 is 0 Å². The van der Waals surface area contributed by atoms with Crippen molar-refractivity contribution in [2.75, 3.05) is 6.61 Å². The van der Waals surface area contributed by atoms with E-state index in [1.807, 2.05) is 12.1 Å². The third-order valence-corrected chi connectivity index (χ3v) is 6.56. The van der Waals surface area contributed by atoms with Crippen molar-refractivity contribution in [2.24, 2.45) is 5.92 Å². The molecule has 3 rings (SSSR count). The number of carbonyl (C=O) groups excluding carboxylic acids is 1. The Morgan fingerprint density at radius 3 is 2.31 bits per heavy atom. The lowest BCUT2D eigenvalue weighted by molar-refractivity contribution is 0.0712. The second kappa shape index (κ2) is 11.6. The normalized spacial score (nSPS) is 19.5. The van der Waals surface area contributed by atoms with Crippen molar-refractivity contribution in [1.82, 2.24) is 0 Å². The maximum atomic E-state index is 14.4. The largest absolute Gasteiger partial charge is 0.420 e. The minimum Gasteiger partial charge on any atom is -0.420 e. The van der Waals surface area contributed by atoms with E-state index in [-0.39, 0.29) is 5.56 Å². The van der Waals surface area contributed by atoms with E-state index in [4.69, 9.17) is 9.47 Å². The molecule has 32 heavy (non-hydrogen) atoms. The summed E-state index contributed by atoms with van der Waals surface area (Å²) in [4.78, 5) is 12.5. The average molecular weight is 445 g/mol. The molecule has 174 valence electrons. The molecule has 1 saturated carbocycles. The summed E-state index contributed by atoms with van der Waals surface area (Å²) in [6, 6.07) is 9.99. The van der Waals surface area contributed by atoms with Crippen LogP contribution in [0.5, 0.6) is 5.75 Å². The van der Waals surface area contributed by atoms with Crippen molar-refractivity contribution in [1.29, 1.82) is 0 Å². The van der Waals surface area contributed by atoms with Crippen LogP contribution in [0.15, 0.2) is 36.4 Å². The lowest BCUT2D eigenvalue weighted by Crippen LogP contribution is -2.14. The summed E-state index contributed by atoms with van der Waals surface area (Å²) in [5.74, 6) is -2.00. The average Bonchev–Trinajstić information content (AvgIpc) is 2.81. The lowest BCUT2D eigenvalue weighted by Gasteiger charge is -2.28. The predicted octanol–water partition coefficient (Wildman–Crippen LogP) is 7.75. The first-order chi connectivity index (χ1) is 15.4. The maximum Gasteiger partial charge on any atom is 0.343 e. The quantitative estimate of drug-likeness (QED) is 0.293. The summed E-state index contributed by atoms with van der Waals surface area (Å²) in [6.45, 7) is 6.05. The molecule has 1 atom stereocenters. The molecule has 2 aromatic rings. The van der Waals surface area contributed by atoms with Gasteiger partial charge in [-0.05, 0) is 81.2 Å². The van der Waals surface area contributed by atoms with Gasteiger partial charge in [0.05, 0.1) is 11.7 Å². The number of halogens is 2. The lowest BCUT2D eigenvalue weighted by atomic mass is 9.77. The number of benzene rings is 2. The monoisotopic (exact) mass is 444 g/mol. The Balaban J connectivity index is 1.61. The highest BCUT2D eigenvalue weighted by Gasteiger charge is 2.23. The van der Waals surface area contributed by atoms with E-state index in [0.29, 0.717) is 18.1 Å². The zero-order valence-corrected chi connectivity index (χ0v) is 19.3. The van der Waals surface area contributed by atoms with E-state index in [0.717, 1.165) is 5.92 Å². The van der Waals surface area contributed by atoms with Crippen LogP contribution in [0.4, 0.5) is 8.78 Å². The summed E-state index contributed by atoms with van der Waals surface area (Å²) < 4.78 is 39.3. The molecule has 0 saturated heterocycles. The number of unbranched alkanes of at least 4 members (excludes halogenated alkanes) is 1. The van der Waals surface area contributed by atoms with E-state index in [9.17, 15) is 13.6 Å². The Morgan fingerprint density at radius 1 is 1.00 bits per heavy atom. The molecule has 0 N–H and O–H groups in total. The first kappa shape index (κ1) is 24.4. The maximum absolute atomic E-state index is 14.4. The molecular weight excluding hydrogens is 410 g/mol. The SMILES string of the molecule is CCCC[C@H]1CC[C@H](c2ccc(C(=O)Oc3ccc(C(C)OCC)c(F)c3F)cc2)CC1. The van der Waals surface area contributed by atoms with Crippen LogP contribution in [0.25, 0.3) is 0 Å². The molecule has 0 aliphatic heterocycles. The second-order valence-corrected chi connectivity index (χ2v) is 8.75. The zero-order chi connectivity index (χ0) is 23.1. The standard InChI is InChI=1S/C27H34F2O3/c1-4-6-7-19-8-10-20(11-9-19)21-12-14-22(15-13-21)27(30)32-24-17-16-23(18(3)31-5-2)25(28)26(24)29/h12-20H,4-11H2,1-3H3/t18?,19-,20-. The minimum atomic E-state index is -1.18. The molecule has 5 heteroatoms. The number of ether oxygens (including phenoxy) is 2. The van der Waals surface area contributed by atoms with Gasteiger partial charge >= 0.3 is 5.97 Å². The van der Waals surface area contributed by atoms with Gasteiger partial charge in [-0.3, -0.25) is 0 Å². The molecule has 0 amide bonds. The first-order valence-corrected chi connectivity index (χ1v) is 11.9. The Kier molecular flexibility index (Phi) is 8.80. The van der Waals surface area contributed by atoms with Gasteiger partial charge in [0.1, 0.15) is 0 Å². The van der Waals surface area contributed by atoms with Gasteiger partial charge in [-0.1, -0.05) is 38.3 Å². The van der Waals surface area contributed by atoms with Crippen molar-refractivity contribution < 1.29 is 23.0 Å². The third-order valence-electron chi connectivity index (χ3n) is 6.56. The second-order valence-electron chi connectivity index (χ2n) is 8.75. The molecule has 0 aromatic heterocycles. The molecule has 1 unspecified atom stereocenters. The minimum absolute atomic E-state index is 0.0953. The molecule has 1 fully saturated rings. The van der Waals surface area contributed by atoms with Crippen molar-refractivity contribution in [3.63, 3.8) is 0 Å². The molecule has 0 heterocycles. The van der Waals surface area contributed by atoms with Crippen LogP contribution in [-0.4, -0.2) is 12.6 Å². The van der Waals surface area contributed by atoms with Gasteiger partial charge < -0.3 is 9.47 Å². The zero-order valence-electron chi connectivity index (χ0n) is 19.3. The highest BCUT2D eigenvalue weighted by Crippen LogP contribution is 2.37. The smallest absolute Gasteiger partial charge is 0.343 e. The fourth-order valence-corrected chi connectivity index (χ4v) is 4.61. The molecule has 1 aliphatic carbocycles. The number of carbonyl (C=O) groups is 1. The summed E-state index contributed by atoms with van der Waals surface area (Å²) in [6.07, 6.45) is 8.18. The van der Waals surface area contributed by atoms with Crippen LogP contribution in [0.2, 0.25) is 0 Å². The summed E-state index contributed by atoms with van der Waals surface area (Å²) >= 11 is 0. The fraction of sp³-hybridized carbons (Fsp3) is 0.519. The van der Waals surface area contributed by atoms with E-state index in [2.05, 4.69) is 6.92 Å². The molecule has 1 aliphatic rings. The van der Waals surface area contributed by atoms with Crippen molar-refractivity contribution in [2.45, 2.75) is 77.7 Å². The van der Waals surface area contributed by atoms with Gasteiger partial charge in [0, 0.05) is 12.2 Å². The summed E-state index contributed by atoms with van der Waals surface area (Å²) in [5, 5.41) is 0. The highest BCUT2D eigenvalue weighted by molar-refractivity contribution is 5.91. The van der Waals surface area contributed by atoms with Gasteiger partial charge in [0.2, 0.25) is 5.82 Å². The number of hydrogen-bond donors (Lipinski definition) is 0. The molecule has 0 bridgehead atoms. The highest BCUT2D eigenvalue weighted by atomic mass is 19.2. The van der Waals surface area contributed by atoms with Crippen molar-refractivity contribution in [3.8, 4) is 5.75 Å². The third kappa shape index (κ3) is 5.94. The molecular formula is C27H34F2O3. The number of rotatable bonds is 9. The summed E-state index contributed by atoms with van der Waals surface area (Å²) in [7, 11) is 0. The fourth-order valence-electron chi connectivity index (χ4n) is 4.61. The first-order valence-electron chi connectivity index (χ1n) is 11.9.